The Labute approximate surface area is 205 Å². The van der Waals surface area contributed by atoms with Gasteiger partial charge in [-0.15, -0.1) is 0 Å². The number of carbonyl (C=O) groups excluding carboxylic acids is 1. The van der Waals surface area contributed by atoms with Gasteiger partial charge in [-0.1, -0.05) is 91.4 Å². The summed E-state index contributed by atoms with van der Waals surface area (Å²) in [6.45, 7) is 4.76. The number of aryl methyl sites for hydroxylation is 2. The quantitative estimate of drug-likeness (QED) is 0.253. The summed E-state index contributed by atoms with van der Waals surface area (Å²) in [7, 11) is 0. The molecule has 33 heavy (non-hydrogen) atoms. The molecule has 1 saturated heterocycles. The minimum absolute atomic E-state index is 0.0858. The highest BCUT2D eigenvalue weighted by Crippen LogP contribution is 2.36. The molecular weight excluding hydrogens is 446 g/mol. The number of rotatable bonds is 8. The van der Waals surface area contributed by atoms with Crippen LogP contribution in [0.5, 0.6) is 5.75 Å². The van der Waals surface area contributed by atoms with E-state index in [1.807, 2.05) is 42.5 Å². The number of ether oxygens (including phenoxy) is 1. The number of anilines is 1. The molecule has 0 bridgehead atoms. The molecule has 0 radical (unpaired) electrons. The zero-order valence-corrected chi connectivity index (χ0v) is 20.5. The summed E-state index contributed by atoms with van der Waals surface area (Å²) in [5.74, 6) is 0.680. The fourth-order valence-corrected chi connectivity index (χ4v) is 4.88. The number of nitrogens with zero attached hydrogens (tertiary/aromatic N) is 1. The van der Waals surface area contributed by atoms with E-state index in [1.165, 1.54) is 29.3 Å². The maximum absolute atomic E-state index is 13.1. The topological polar surface area (TPSA) is 29.5 Å². The van der Waals surface area contributed by atoms with Crippen LogP contribution in [0.3, 0.4) is 0 Å². The Morgan fingerprint density at radius 1 is 1.00 bits per heavy atom. The number of unbranched alkanes of at least 4 members (excludes halogenated alkanes) is 1. The third-order valence-electron chi connectivity index (χ3n) is 5.49. The first-order valence-electron chi connectivity index (χ1n) is 11.2. The zero-order chi connectivity index (χ0) is 23.2. The molecule has 1 amide bonds. The van der Waals surface area contributed by atoms with E-state index in [2.05, 4.69) is 50.2 Å². The number of amides is 1. The average molecular weight is 474 g/mol. The molecular formula is C28H27NO2S2. The Hall–Kier alpha value is -2.89. The van der Waals surface area contributed by atoms with Crippen molar-refractivity contribution in [3.63, 3.8) is 0 Å². The summed E-state index contributed by atoms with van der Waals surface area (Å²) in [5.41, 5.74) is 5.35. The Morgan fingerprint density at radius 3 is 2.45 bits per heavy atom. The molecule has 0 aliphatic carbocycles. The van der Waals surface area contributed by atoms with E-state index in [9.17, 15) is 4.79 Å². The molecule has 0 spiro atoms. The van der Waals surface area contributed by atoms with Crippen molar-refractivity contribution in [1.29, 1.82) is 0 Å². The van der Waals surface area contributed by atoms with E-state index < -0.39 is 0 Å². The van der Waals surface area contributed by atoms with Crippen molar-refractivity contribution in [3.05, 3.63) is 100.0 Å². The molecule has 0 saturated carbocycles. The first-order valence-corrected chi connectivity index (χ1v) is 12.4. The molecule has 1 heterocycles. The van der Waals surface area contributed by atoms with Gasteiger partial charge in [0.05, 0.1) is 10.6 Å². The van der Waals surface area contributed by atoms with Crippen LogP contribution in [0.1, 0.15) is 42.0 Å². The van der Waals surface area contributed by atoms with Crippen molar-refractivity contribution in [3.8, 4) is 5.75 Å². The van der Waals surface area contributed by atoms with Crippen molar-refractivity contribution in [2.45, 2.75) is 39.7 Å². The summed E-state index contributed by atoms with van der Waals surface area (Å²) < 4.78 is 6.51. The SMILES string of the molecule is CCCCc1ccc(N2C(=O)/C(=C/c3cccc(OCc4ccc(C)cc4)c3)SC2=S)cc1. The molecule has 4 rings (SSSR count). The third kappa shape index (κ3) is 5.92. The summed E-state index contributed by atoms with van der Waals surface area (Å²) in [5, 5.41) is 0. The summed E-state index contributed by atoms with van der Waals surface area (Å²) in [6.07, 6.45) is 5.27. The number of benzene rings is 3. The molecule has 3 aromatic rings. The lowest BCUT2D eigenvalue weighted by molar-refractivity contribution is -0.113. The van der Waals surface area contributed by atoms with Crippen LogP contribution < -0.4 is 9.64 Å². The molecule has 5 heteroatoms. The van der Waals surface area contributed by atoms with Gasteiger partial charge in [-0.3, -0.25) is 9.69 Å². The average Bonchev–Trinajstić information content (AvgIpc) is 3.10. The van der Waals surface area contributed by atoms with Gasteiger partial charge in [0.2, 0.25) is 0 Å². The maximum Gasteiger partial charge on any atom is 0.270 e. The summed E-state index contributed by atoms with van der Waals surface area (Å²) in [6, 6.07) is 24.2. The lowest BCUT2D eigenvalue weighted by Crippen LogP contribution is -2.27. The predicted molar refractivity (Wildman–Crippen MR) is 143 cm³/mol. The number of hydrogen-bond acceptors (Lipinski definition) is 4. The number of thiocarbonyl (C=S) groups is 1. The van der Waals surface area contributed by atoms with Gasteiger partial charge in [0, 0.05) is 0 Å². The molecule has 3 nitrogen and oxygen atoms in total. The monoisotopic (exact) mass is 473 g/mol. The van der Waals surface area contributed by atoms with Crippen molar-refractivity contribution >= 4 is 46.0 Å². The Morgan fingerprint density at radius 2 is 1.73 bits per heavy atom. The molecule has 168 valence electrons. The van der Waals surface area contributed by atoms with E-state index in [-0.39, 0.29) is 5.91 Å². The molecule has 0 aromatic heterocycles. The fraction of sp³-hybridized carbons (Fsp3) is 0.214. The van der Waals surface area contributed by atoms with Crippen LogP contribution in [0.25, 0.3) is 6.08 Å². The molecule has 0 N–H and O–H groups in total. The van der Waals surface area contributed by atoms with Crippen molar-refractivity contribution < 1.29 is 9.53 Å². The first-order chi connectivity index (χ1) is 16.0. The molecule has 0 atom stereocenters. The largest absolute Gasteiger partial charge is 0.489 e. The predicted octanol–water partition coefficient (Wildman–Crippen LogP) is 7.32. The van der Waals surface area contributed by atoms with Gasteiger partial charge in [0.15, 0.2) is 4.32 Å². The van der Waals surface area contributed by atoms with Gasteiger partial charge in [0.25, 0.3) is 5.91 Å². The van der Waals surface area contributed by atoms with Gasteiger partial charge < -0.3 is 4.74 Å². The smallest absolute Gasteiger partial charge is 0.270 e. The lowest BCUT2D eigenvalue weighted by atomic mass is 10.1. The van der Waals surface area contributed by atoms with E-state index in [1.54, 1.807) is 4.90 Å². The van der Waals surface area contributed by atoms with Crippen LogP contribution in [0, 0.1) is 6.92 Å². The second-order valence-corrected chi connectivity index (χ2v) is 9.81. The standard InChI is InChI=1S/C28H27NO2S2/c1-3-4-6-21-13-15-24(16-14-21)29-27(30)26(33-28(29)32)18-23-7-5-8-25(17-23)31-19-22-11-9-20(2)10-12-22/h5,7-18H,3-4,6,19H2,1-2H3/b26-18-. The van der Waals surface area contributed by atoms with Crippen LogP contribution in [0.2, 0.25) is 0 Å². The third-order valence-corrected chi connectivity index (χ3v) is 6.79. The van der Waals surface area contributed by atoms with Gasteiger partial charge in [-0.2, -0.15) is 0 Å². The van der Waals surface area contributed by atoms with Crippen molar-refractivity contribution in [2.75, 3.05) is 4.90 Å². The molecule has 3 aromatic carbocycles. The van der Waals surface area contributed by atoms with E-state index in [0.29, 0.717) is 15.8 Å². The Kier molecular flexibility index (Phi) is 7.63. The summed E-state index contributed by atoms with van der Waals surface area (Å²) in [4.78, 5) is 15.4. The molecule has 0 unspecified atom stereocenters. The van der Waals surface area contributed by atoms with Gasteiger partial charge in [-0.05, 0) is 66.8 Å². The number of thioether (sulfide) groups is 1. The molecule has 1 aliphatic rings. The molecule has 1 aliphatic heterocycles. The lowest BCUT2D eigenvalue weighted by Gasteiger charge is -2.15. The minimum atomic E-state index is -0.0858. The Balaban J connectivity index is 1.45. The zero-order valence-electron chi connectivity index (χ0n) is 18.9. The van der Waals surface area contributed by atoms with Crippen molar-refractivity contribution in [2.24, 2.45) is 0 Å². The van der Waals surface area contributed by atoms with Crippen molar-refractivity contribution in [1.82, 2.24) is 0 Å². The van der Waals surface area contributed by atoms with Gasteiger partial charge in [0.1, 0.15) is 12.4 Å². The highest BCUT2D eigenvalue weighted by Gasteiger charge is 2.33. The second-order valence-electron chi connectivity index (χ2n) is 8.13. The highest BCUT2D eigenvalue weighted by atomic mass is 32.2. The Bertz CT molecular complexity index is 1170. The number of carbonyl (C=O) groups is 1. The van der Waals surface area contributed by atoms with Crippen LogP contribution in [0.4, 0.5) is 5.69 Å². The first kappa shape index (κ1) is 23.3. The fourth-order valence-electron chi connectivity index (χ4n) is 3.58. The summed E-state index contributed by atoms with van der Waals surface area (Å²) >= 11 is 6.86. The van der Waals surface area contributed by atoms with Gasteiger partial charge in [-0.25, -0.2) is 0 Å². The van der Waals surface area contributed by atoms with Crippen LogP contribution in [0.15, 0.2) is 77.7 Å². The van der Waals surface area contributed by atoms with Gasteiger partial charge >= 0.3 is 0 Å². The normalized spacial score (nSPS) is 14.8. The van der Waals surface area contributed by atoms with E-state index in [4.69, 9.17) is 17.0 Å². The van der Waals surface area contributed by atoms with E-state index >= 15 is 0 Å². The second kappa shape index (κ2) is 10.8. The van der Waals surface area contributed by atoms with Crippen LogP contribution >= 0.6 is 24.0 Å². The highest BCUT2D eigenvalue weighted by molar-refractivity contribution is 8.27. The van der Waals surface area contributed by atoms with Crippen LogP contribution in [-0.2, 0) is 17.8 Å². The minimum Gasteiger partial charge on any atom is -0.489 e. The molecule has 1 fully saturated rings. The van der Waals surface area contributed by atoms with Crippen LogP contribution in [-0.4, -0.2) is 10.2 Å². The maximum atomic E-state index is 13.1. The van der Waals surface area contributed by atoms with E-state index in [0.717, 1.165) is 35.4 Å². The number of hydrogen-bond donors (Lipinski definition) is 0.